The van der Waals surface area contributed by atoms with Gasteiger partial charge in [-0.25, -0.2) is 9.59 Å². The standard InChI is InChI=1S/C17H20N6O7S2/c1-4-6-5-31-13-8(12(25)23(13)9(6)14(26)27)19-11(24)7(10-20-16(18)32-22-10)21-30-17(2,3)15(28)29/h8,13H,4-5H2,1-3H3,(H,19,24)(H,26,27)(H,28,29)(H2,18,20,22)/b21-7-/t8-,13?/m0/s1. The molecule has 2 aliphatic rings. The quantitative estimate of drug-likeness (QED) is 0.217. The zero-order valence-electron chi connectivity index (χ0n) is 17.2. The van der Waals surface area contributed by atoms with Gasteiger partial charge in [-0.1, -0.05) is 12.1 Å². The van der Waals surface area contributed by atoms with Crippen molar-refractivity contribution in [3.05, 3.63) is 17.1 Å². The number of oxime groups is 1. The number of hydrogen-bond acceptors (Lipinski definition) is 11. The minimum atomic E-state index is -1.76. The molecule has 2 amide bonds. The molecular formula is C17H20N6O7S2. The fourth-order valence-electron chi connectivity index (χ4n) is 2.88. The van der Waals surface area contributed by atoms with Crippen LogP contribution in [0.3, 0.4) is 0 Å². The van der Waals surface area contributed by atoms with Crippen LogP contribution in [-0.4, -0.2) is 76.7 Å². The van der Waals surface area contributed by atoms with E-state index in [2.05, 4.69) is 19.8 Å². The van der Waals surface area contributed by atoms with Crippen molar-refractivity contribution in [1.29, 1.82) is 0 Å². The molecule has 1 aromatic rings. The normalized spacial score (nSPS) is 21.0. The Balaban J connectivity index is 1.83. The average Bonchev–Trinajstić information content (AvgIpc) is 3.16. The number of rotatable bonds is 8. The highest BCUT2D eigenvalue weighted by Gasteiger charge is 2.54. The van der Waals surface area contributed by atoms with Gasteiger partial charge in [-0.2, -0.15) is 9.36 Å². The zero-order chi connectivity index (χ0) is 23.8. The summed E-state index contributed by atoms with van der Waals surface area (Å²) in [4.78, 5) is 58.5. The van der Waals surface area contributed by atoms with E-state index in [0.29, 0.717) is 17.7 Å². The molecule has 3 rings (SSSR count). The van der Waals surface area contributed by atoms with E-state index in [1.165, 1.54) is 25.6 Å². The maximum atomic E-state index is 12.9. The second-order valence-electron chi connectivity index (χ2n) is 7.27. The summed E-state index contributed by atoms with van der Waals surface area (Å²) < 4.78 is 3.89. The van der Waals surface area contributed by atoms with E-state index in [9.17, 15) is 29.4 Å². The van der Waals surface area contributed by atoms with Crippen molar-refractivity contribution < 1.29 is 34.2 Å². The van der Waals surface area contributed by atoms with Crippen LogP contribution in [0.4, 0.5) is 5.13 Å². The lowest BCUT2D eigenvalue weighted by Gasteiger charge is -2.49. The zero-order valence-corrected chi connectivity index (χ0v) is 18.8. The second kappa shape index (κ2) is 8.74. The number of nitrogen functional groups attached to an aromatic ring is 1. The third-order valence-electron chi connectivity index (χ3n) is 4.71. The number of hydrogen-bond donors (Lipinski definition) is 4. The summed E-state index contributed by atoms with van der Waals surface area (Å²) in [6.07, 6.45) is 0.479. The molecule has 0 saturated carbocycles. The molecule has 1 fully saturated rings. The van der Waals surface area contributed by atoms with Gasteiger partial charge in [0.25, 0.3) is 11.8 Å². The minimum absolute atomic E-state index is 0.0371. The van der Waals surface area contributed by atoms with Gasteiger partial charge in [-0.3, -0.25) is 14.5 Å². The summed E-state index contributed by atoms with van der Waals surface area (Å²) in [5.74, 6) is -3.82. The number of fused-ring (bicyclic) bond motifs is 1. The van der Waals surface area contributed by atoms with Crippen molar-refractivity contribution in [1.82, 2.24) is 19.6 Å². The first kappa shape index (κ1) is 23.5. The molecule has 172 valence electrons. The molecule has 1 unspecified atom stereocenters. The maximum Gasteiger partial charge on any atom is 0.352 e. The molecule has 3 heterocycles. The Hall–Kier alpha value is -3.20. The van der Waals surface area contributed by atoms with Crippen molar-refractivity contribution in [3.8, 4) is 0 Å². The van der Waals surface area contributed by atoms with Crippen molar-refractivity contribution in [2.45, 2.75) is 44.2 Å². The van der Waals surface area contributed by atoms with E-state index in [1.807, 2.05) is 0 Å². The highest BCUT2D eigenvalue weighted by atomic mass is 32.2. The molecule has 0 aromatic carbocycles. The van der Waals surface area contributed by atoms with Crippen LogP contribution in [0.5, 0.6) is 0 Å². The number of nitrogens with one attached hydrogen (secondary N) is 1. The highest BCUT2D eigenvalue weighted by molar-refractivity contribution is 8.00. The van der Waals surface area contributed by atoms with Crippen molar-refractivity contribution >= 4 is 57.9 Å². The molecule has 15 heteroatoms. The Bertz CT molecular complexity index is 1050. The molecule has 13 nitrogen and oxygen atoms in total. The van der Waals surface area contributed by atoms with Gasteiger partial charge in [-0.15, -0.1) is 11.8 Å². The molecule has 0 bridgehead atoms. The molecular weight excluding hydrogens is 464 g/mol. The van der Waals surface area contributed by atoms with Crippen LogP contribution in [0.2, 0.25) is 0 Å². The number of carbonyl (C=O) groups excluding carboxylic acids is 2. The topological polar surface area (TPSA) is 197 Å². The molecule has 1 saturated heterocycles. The predicted molar refractivity (Wildman–Crippen MR) is 114 cm³/mol. The van der Waals surface area contributed by atoms with Crippen molar-refractivity contribution in [3.63, 3.8) is 0 Å². The van der Waals surface area contributed by atoms with Crippen LogP contribution < -0.4 is 11.1 Å². The largest absolute Gasteiger partial charge is 0.478 e. The summed E-state index contributed by atoms with van der Waals surface area (Å²) in [5.41, 5.74) is 3.90. The number of amides is 2. The van der Waals surface area contributed by atoms with E-state index in [-0.39, 0.29) is 16.7 Å². The Morgan fingerprint density at radius 2 is 2.06 bits per heavy atom. The summed E-state index contributed by atoms with van der Waals surface area (Å²) in [6.45, 7) is 4.26. The summed E-state index contributed by atoms with van der Waals surface area (Å²) in [7, 11) is 0. The molecule has 32 heavy (non-hydrogen) atoms. The first-order valence-electron chi connectivity index (χ1n) is 9.27. The first-order chi connectivity index (χ1) is 15.0. The lowest BCUT2D eigenvalue weighted by Crippen LogP contribution is -2.71. The lowest BCUT2D eigenvalue weighted by atomic mass is 10.0. The van der Waals surface area contributed by atoms with Crippen LogP contribution in [0.1, 0.15) is 33.0 Å². The fraction of sp³-hybridized carbons (Fsp3) is 0.471. The van der Waals surface area contributed by atoms with E-state index >= 15 is 0 Å². The predicted octanol–water partition coefficient (Wildman–Crippen LogP) is -0.147. The molecule has 5 N–H and O–H groups in total. The number of nitrogens with zero attached hydrogens (tertiary/aromatic N) is 4. The molecule has 2 aliphatic heterocycles. The fourth-order valence-corrected chi connectivity index (χ4v) is 4.76. The van der Waals surface area contributed by atoms with Crippen LogP contribution in [-0.2, 0) is 24.0 Å². The monoisotopic (exact) mass is 484 g/mol. The SMILES string of the molecule is CCC1=C(C(=O)O)N2C(=O)[C@H](NC(=O)/C(=N\OC(C)(C)C(=O)O)c3nsc(N)n3)C2SC1. The summed E-state index contributed by atoms with van der Waals surface area (Å²) in [5, 5.41) is 24.2. The van der Waals surface area contributed by atoms with Gasteiger partial charge in [0.15, 0.2) is 5.13 Å². The number of aliphatic carboxylic acids is 2. The molecule has 2 atom stereocenters. The lowest BCUT2D eigenvalue weighted by molar-refractivity contribution is -0.161. The van der Waals surface area contributed by atoms with Gasteiger partial charge in [-0.05, 0) is 25.8 Å². The molecule has 1 aromatic heterocycles. The summed E-state index contributed by atoms with van der Waals surface area (Å²) in [6, 6.07) is -1.02. The third-order valence-corrected chi connectivity index (χ3v) is 6.59. The minimum Gasteiger partial charge on any atom is -0.478 e. The number of nitrogens with two attached hydrogens (primary N) is 1. The number of carbonyl (C=O) groups is 4. The number of anilines is 1. The number of carboxylic acid groups (broad SMARTS) is 2. The van der Waals surface area contributed by atoms with Gasteiger partial charge in [0, 0.05) is 17.3 Å². The van der Waals surface area contributed by atoms with Crippen LogP contribution in [0, 0.1) is 0 Å². The Kier molecular flexibility index (Phi) is 6.41. The van der Waals surface area contributed by atoms with Gasteiger partial charge < -0.3 is 26.1 Å². The van der Waals surface area contributed by atoms with Gasteiger partial charge in [0.1, 0.15) is 17.1 Å². The van der Waals surface area contributed by atoms with Crippen molar-refractivity contribution in [2.75, 3.05) is 11.5 Å². The van der Waals surface area contributed by atoms with E-state index < -0.39 is 46.5 Å². The smallest absolute Gasteiger partial charge is 0.352 e. The highest BCUT2D eigenvalue weighted by Crippen LogP contribution is 2.41. The van der Waals surface area contributed by atoms with Crippen LogP contribution in [0.15, 0.2) is 16.4 Å². The molecule has 0 spiro atoms. The summed E-state index contributed by atoms with van der Waals surface area (Å²) >= 11 is 2.11. The van der Waals surface area contributed by atoms with E-state index in [0.717, 1.165) is 16.4 Å². The second-order valence-corrected chi connectivity index (χ2v) is 9.16. The number of aromatic nitrogens is 2. The third kappa shape index (κ3) is 4.25. The van der Waals surface area contributed by atoms with Crippen LogP contribution >= 0.6 is 23.3 Å². The molecule has 0 aliphatic carbocycles. The number of thioether (sulfide) groups is 1. The first-order valence-corrected chi connectivity index (χ1v) is 11.1. The van der Waals surface area contributed by atoms with Crippen molar-refractivity contribution in [2.24, 2.45) is 5.16 Å². The van der Waals surface area contributed by atoms with Gasteiger partial charge >= 0.3 is 11.9 Å². The van der Waals surface area contributed by atoms with E-state index in [1.54, 1.807) is 6.92 Å². The maximum absolute atomic E-state index is 12.9. The average molecular weight is 485 g/mol. The Labute approximate surface area is 189 Å². The number of β-lactam (4-membered cyclic amide) rings is 1. The van der Waals surface area contributed by atoms with Gasteiger partial charge in [0.2, 0.25) is 17.1 Å². The number of carboxylic acids is 2. The van der Waals surface area contributed by atoms with E-state index in [4.69, 9.17) is 10.6 Å². The van der Waals surface area contributed by atoms with Crippen LogP contribution in [0.25, 0.3) is 0 Å². The Morgan fingerprint density at radius 3 is 2.59 bits per heavy atom. The van der Waals surface area contributed by atoms with Gasteiger partial charge in [0.05, 0.1) is 0 Å². The Morgan fingerprint density at radius 1 is 1.38 bits per heavy atom. The molecule has 0 radical (unpaired) electrons.